The Morgan fingerprint density at radius 2 is 1.93 bits per heavy atom. The number of carbonyl (C=O) groups excluding carboxylic acids is 1. The van der Waals surface area contributed by atoms with E-state index in [1.807, 2.05) is 19.1 Å². The van der Waals surface area contributed by atoms with E-state index < -0.39 is 0 Å². The number of likely N-dealkylation sites (tertiary alicyclic amines) is 1. The molecule has 162 valence electrons. The molecule has 1 aromatic rings. The maximum absolute atomic E-state index is 11.8. The summed E-state index contributed by atoms with van der Waals surface area (Å²) < 4.78 is 10.8. The molecule has 2 N–H and O–H groups in total. The highest BCUT2D eigenvalue weighted by molar-refractivity contribution is 5.80. The average molecular weight is 405 g/mol. The van der Waals surface area contributed by atoms with Crippen LogP contribution in [0, 0.1) is 5.92 Å². The average Bonchev–Trinajstić information content (AvgIpc) is 2.73. The fourth-order valence-electron chi connectivity index (χ4n) is 3.15. The zero-order chi connectivity index (χ0) is 21.1. The summed E-state index contributed by atoms with van der Waals surface area (Å²) in [6, 6.07) is 8.59. The fraction of sp³-hybridized carbons (Fsp3) is 0.636. The normalized spacial score (nSPS) is 15.3. The lowest BCUT2D eigenvalue weighted by Crippen LogP contribution is -2.50. The number of amides is 1. The highest BCUT2D eigenvalue weighted by atomic mass is 16.6. The van der Waals surface area contributed by atoms with Gasteiger partial charge in [-0.3, -0.25) is 4.99 Å². The van der Waals surface area contributed by atoms with Crippen LogP contribution >= 0.6 is 0 Å². The van der Waals surface area contributed by atoms with Gasteiger partial charge in [-0.15, -0.1) is 0 Å². The van der Waals surface area contributed by atoms with E-state index in [0.29, 0.717) is 31.7 Å². The Hall–Kier alpha value is -2.44. The number of carbonyl (C=O) groups is 1. The van der Waals surface area contributed by atoms with Gasteiger partial charge in [-0.05, 0) is 49.8 Å². The van der Waals surface area contributed by atoms with E-state index in [-0.39, 0.29) is 6.09 Å². The van der Waals surface area contributed by atoms with Crippen molar-refractivity contribution < 1.29 is 14.3 Å². The van der Waals surface area contributed by atoms with Crippen LogP contribution in [0.15, 0.2) is 29.3 Å². The van der Waals surface area contributed by atoms with Crippen LogP contribution in [0.5, 0.6) is 5.75 Å². The van der Waals surface area contributed by atoms with Gasteiger partial charge >= 0.3 is 6.09 Å². The van der Waals surface area contributed by atoms with Gasteiger partial charge in [0.1, 0.15) is 5.75 Å². The molecule has 1 amide bonds. The molecular formula is C22H36N4O3. The smallest absolute Gasteiger partial charge is 0.409 e. The van der Waals surface area contributed by atoms with Gasteiger partial charge in [0, 0.05) is 32.7 Å². The molecule has 0 bridgehead atoms. The van der Waals surface area contributed by atoms with Gasteiger partial charge in [0.15, 0.2) is 5.96 Å². The molecule has 29 heavy (non-hydrogen) atoms. The van der Waals surface area contributed by atoms with E-state index in [0.717, 1.165) is 44.1 Å². The first kappa shape index (κ1) is 22.8. The van der Waals surface area contributed by atoms with E-state index in [9.17, 15) is 4.79 Å². The van der Waals surface area contributed by atoms with Crippen molar-refractivity contribution in [1.29, 1.82) is 0 Å². The molecule has 0 radical (unpaired) electrons. The van der Waals surface area contributed by atoms with Crippen molar-refractivity contribution >= 4 is 12.1 Å². The van der Waals surface area contributed by atoms with Crippen LogP contribution in [0.1, 0.15) is 39.2 Å². The summed E-state index contributed by atoms with van der Waals surface area (Å²) in [7, 11) is 1.78. The summed E-state index contributed by atoms with van der Waals surface area (Å²) in [5, 5.41) is 6.84. The molecule has 7 heteroatoms. The van der Waals surface area contributed by atoms with Crippen LogP contribution in [-0.2, 0) is 11.2 Å². The quantitative estimate of drug-likeness (QED) is 0.515. The van der Waals surface area contributed by atoms with Crippen LogP contribution in [0.3, 0.4) is 0 Å². The Kier molecular flexibility index (Phi) is 9.60. The first-order valence-corrected chi connectivity index (χ1v) is 10.6. The molecule has 0 unspecified atom stereocenters. The molecule has 1 saturated heterocycles. The van der Waals surface area contributed by atoms with Crippen LogP contribution in [0.25, 0.3) is 0 Å². The van der Waals surface area contributed by atoms with Gasteiger partial charge in [0.05, 0.1) is 13.2 Å². The van der Waals surface area contributed by atoms with Gasteiger partial charge in [-0.25, -0.2) is 4.79 Å². The van der Waals surface area contributed by atoms with Gasteiger partial charge in [-0.2, -0.15) is 0 Å². The van der Waals surface area contributed by atoms with Crippen molar-refractivity contribution in [3.8, 4) is 5.75 Å². The van der Waals surface area contributed by atoms with Crippen molar-refractivity contribution in [1.82, 2.24) is 15.5 Å². The lowest BCUT2D eigenvalue weighted by atomic mass is 10.1. The largest absolute Gasteiger partial charge is 0.493 e. The predicted molar refractivity (Wildman–Crippen MR) is 117 cm³/mol. The monoisotopic (exact) mass is 404 g/mol. The molecule has 1 aromatic carbocycles. The Morgan fingerprint density at radius 1 is 1.24 bits per heavy atom. The molecule has 0 spiro atoms. The number of hydrogen-bond donors (Lipinski definition) is 2. The summed E-state index contributed by atoms with van der Waals surface area (Å²) in [6.45, 7) is 9.49. The summed E-state index contributed by atoms with van der Waals surface area (Å²) in [4.78, 5) is 17.9. The Morgan fingerprint density at radius 3 is 2.52 bits per heavy atom. The maximum Gasteiger partial charge on any atom is 0.409 e. The molecule has 0 atom stereocenters. The molecule has 0 saturated carbocycles. The minimum atomic E-state index is -0.214. The van der Waals surface area contributed by atoms with Crippen LogP contribution in [0.2, 0.25) is 0 Å². The third kappa shape index (κ3) is 8.21. The number of nitrogens with one attached hydrogen (secondary N) is 2. The molecule has 0 aliphatic carbocycles. The third-order valence-electron chi connectivity index (χ3n) is 4.80. The molecule has 1 fully saturated rings. The molecule has 7 nitrogen and oxygen atoms in total. The zero-order valence-electron chi connectivity index (χ0n) is 18.2. The fourth-order valence-corrected chi connectivity index (χ4v) is 3.15. The number of aliphatic imine (C=N–C) groups is 1. The van der Waals surface area contributed by atoms with Crippen molar-refractivity contribution in [3.63, 3.8) is 0 Å². The second kappa shape index (κ2) is 12.2. The Labute approximate surface area is 174 Å². The first-order chi connectivity index (χ1) is 14.0. The number of nitrogens with zero attached hydrogens (tertiary/aromatic N) is 2. The minimum absolute atomic E-state index is 0.214. The highest BCUT2D eigenvalue weighted by Crippen LogP contribution is 2.14. The number of ether oxygens (including phenoxy) is 2. The molecule has 0 aromatic heterocycles. The van der Waals surface area contributed by atoms with E-state index in [4.69, 9.17) is 9.47 Å². The molecular weight excluding hydrogens is 368 g/mol. The van der Waals surface area contributed by atoms with E-state index in [2.05, 4.69) is 41.6 Å². The lowest BCUT2D eigenvalue weighted by molar-refractivity contribution is 0.0963. The van der Waals surface area contributed by atoms with Crippen molar-refractivity contribution in [2.24, 2.45) is 10.9 Å². The van der Waals surface area contributed by atoms with Crippen molar-refractivity contribution in [2.75, 3.05) is 39.9 Å². The summed E-state index contributed by atoms with van der Waals surface area (Å²) >= 11 is 0. The van der Waals surface area contributed by atoms with E-state index in [1.165, 1.54) is 5.56 Å². The topological polar surface area (TPSA) is 75.2 Å². The SMILES string of the molecule is CCOC(=O)N1CCC(NC(=NC)NCCc2ccc(OCC(C)C)cc2)CC1. The molecule has 1 heterocycles. The Balaban J connectivity index is 1.68. The van der Waals surface area contributed by atoms with Gasteiger partial charge in [-0.1, -0.05) is 26.0 Å². The highest BCUT2D eigenvalue weighted by Gasteiger charge is 2.23. The van der Waals surface area contributed by atoms with E-state index in [1.54, 1.807) is 11.9 Å². The summed E-state index contributed by atoms with van der Waals surface area (Å²) in [5.74, 6) is 2.24. The van der Waals surface area contributed by atoms with Crippen LogP contribution < -0.4 is 15.4 Å². The Bertz CT molecular complexity index is 638. The number of guanidine groups is 1. The number of rotatable bonds is 8. The zero-order valence-corrected chi connectivity index (χ0v) is 18.2. The lowest BCUT2D eigenvalue weighted by Gasteiger charge is -2.32. The standard InChI is InChI=1S/C22H36N4O3/c1-5-28-22(27)26-14-11-19(12-15-26)25-21(23-4)24-13-10-18-6-8-20(9-7-18)29-16-17(2)3/h6-9,17,19H,5,10-16H2,1-4H3,(H2,23,24,25). The molecule has 1 aliphatic heterocycles. The summed E-state index contributed by atoms with van der Waals surface area (Å²) in [5.41, 5.74) is 1.26. The molecule has 2 rings (SSSR count). The molecule has 1 aliphatic rings. The van der Waals surface area contributed by atoms with Gasteiger partial charge < -0.3 is 25.0 Å². The first-order valence-electron chi connectivity index (χ1n) is 10.6. The van der Waals surface area contributed by atoms with Crippen LogP contribution in [-0.4, -0.2) is 62.9 Å². The van der Waals surface area contributed by atoms with Crippen LogP contribution in [0.4, 0.5) is 4.79 Å². The number of benzene rings is 1. The second-order valence-electron chi connectivity index (χ2n) is 7.70. The van der Waals surface area contributed by atoms with Gasteiger partial charge in [0.25, 0.3) is 0 Å². The van der Waals surface area contributed by atoms with Crippen molar-refractivity contribution in [2.45, 2.75) is 46.1 Å². The van der Waals surface area contributed by atoms with E-state index >= 15 is 0 Å². The maximum atomic E-state index is 11.8. The van der Waals surface area contributed by atoms with Gasteiger partial charge in [0.2, 0.25) is 0 Å². The third-order valence-corrected chi connectivity index (χ3v) is 4.80. The minimum Gasteiger partial charge on any atom is -0.493 e. The number of piperidine rings is 1. The van der Waals surface area contributed by atoms with Crippen molar-refractivity contribution in [3.05, 3.63) is 29.8 Å². The second-order valence-corrected chi connectivity index (χ2v) is 7.70. The summed E-state index contributed by atoms with van der Waals surface area (Å²) in [6.07, 6.45) is 2.47. The number of hydrogen-bond acceptors (Lipinski definition) is 4. The predicted octanol–water partition coefficient (Wildman–Crippen LogP) is 3.05.